The molecule has 1 amide bonds. The SMILES string of the molecule is O=C(c1cc(F)c(F)cc1Br)N1CCCN1. The van der Waals surface area contributed by atoms with Gasteiger partial charge in [0.05, 0.1) is 5.56 Å². The van der Waals surface area contributed by atoms with Gasteiger partial charge in [0, 0.05) is 17.6 Å². The van der Waals surface area contributed by atoms with Crippen LogP contribution in [0.5, 0.6) is 0 Å². The molecule has 3 nitrogen and oxygen atoms in total. The zero-order chi connectivity index (χ0) is 11.7. The number of hydrogen-bond acceptors (Lipinski definition) is 2. The summed E-state index contributed by atoms with van der Waals surface area (Å²) in [6.45, 7) is 1.29. The highest BCUT2D eigenvalue weighted by Gasteiger charge is 2.22. The van der Waals surface area contributed by atoms with Crippen molar-refractivity contribution in [2.45, 2.75) is 6.42 Å². The summed E-state index contributed by atoms with van der Waals surface area (Å²) in [5.41, 5.74) is 2.98. The molecule has 0 unspecified atom stereocenters. The number of rotatable bonds is 1. The minimum absolute atomic E-state index is 0.119. The lowest BCUT2D eigenvalue weighted by atomic mass is 10.2. The first-order chi connectivity index (χ1) is 7.59. The van der Waals surface area contributed by atoms with Gasteiger partial charge in [-0.25, -0.2) is 14.2 Å². The fourth-order valence-electron chi connectivity index (χ4n) is 1.54. The Bertz CT molecular complexity index is 433. The highest BCUT2D eigenvalue weighted by atomic mass is 79.9. The van der Waals surface area contributed by atoms with Crippen LogP contribution in [-0.4, -0.2) is 24.0 Å². The van der Waals surface area contributed by atoms with Crippen LogP contribution in [0.2, 0.25) is 0 Å². The van der Waals surface area contributed by atoms with E-state index in [1.807, 2.05) is 0 Å². The number of nitrogens with one attached hydrogen (secondary N) is 1. The summed E-state index contributed by atoms with van der Waals surface area (Å²) in [7, 11) is 0. The number of halogens is 3. The molecule has 2 rings (SSSR count). The molecule has 6 heteroatoms. The predicted octanol–water partition coefficient (Wildman–Crippen LogP) is 2.08. The van der Waals surface area contributed by atoms with E-state index < -0.39 is 11.6 Å². The predicted molar refractivity (Wildman–Crippen MR) is 57.7 cm³/mol. The Morgan fingerprint density at radius 2 is 2.06 bits per heavy atom. The summed E-state index contributed by atoms with van der Waals surface area (Å²) < 4.78 is 26.1. The third-order valence-corrected chi connectivity index (χ3v) is 3.00. The van der Waals surface area contributed by atoms with Crippen molar-refractivity contribution in [1.82, 2.24) is 10.4 Å². The first-order valence-electron chi connectivity index (χ1n) is 4.79. The molecule has 1 aliphatic rings. The molecule has 0 atom stereocenters. The van der Waals surface area contributed by atoms with Crippen LogP contribution in [0.4, 0.5) is 8.78 Å². The number of hydrazine groups is 1. The summed E-state index contributed by atoms with van der Waals surface area (Å²) in [5.74, 6) is -2.35. The maximum Gasteiger partial charge on any atom is 0.269 e. The molecule has 1 aromatic carbocycles. The van der Waals surface area contributed by atoms with Crippen LogP contribution in [0.15, 0.2) is 16.6 Å². The highest BCUT2D eigenvalue weighted by Crippen LogP contribution is 2.22. The Morgan fingerprint density at radius 3 is 2.69 bits per heavy atom. The Balaban J connectivity index is 2.32. The van der Waals surface area contributed by atoms with E-state index in [0.717, 1.165) is 18.6 Å². The van der Waals surface area contributed by atoms with Crippen molar-refractivity contribution >= 4 is 21.8 Å². The Hall–Kier alpha value is -1.01. The van der Waals surface area contributed by atoms with E-state index in [0.29, 0.717) is 13.1 Å². The molecule has 1 aromatic rings. The summed E-state index contributed by atoms with van der Waals surface area (Å²) in [4.78, 5) is 11.9. The van der Waals surface area contributed by atoms with Gasteiger partial charge in [-0.2, -0.15) is 0 Å². The van der Waals surface area contributed by atoms with Crippen LogP contribution < -0.4 is 5.43 Å². The molecule has 16 heavy (non-hydrogen) atoms. The van der Waals surface area contributed by atoms with E-state index in [-0.39, 0.29) is 15.9 Å². The fraction of sp³-hybridized carbons (Fsp3) is 0.300. The lowest BCUT2D eigenvalue weighted by Gasteiger charge is -2.16. The average molecular weight is 291 g/mol. The van der Waals surface area contributed by atoms with E-state index in [2.05, 4.69) is 21.4 Å². The van der Waals surface area contributed by atoms with Gasteiger partial charge in [-0.3, -0.25) is 9.80 Å². The van der Waals surface area contributed by atoms with E-state index >= 15 is 0 Å². The maximum atomic E-state index is 13.0. The first kappa shape index (κ1) is 11.5. The van der Waals surface area contributed by atoms with Crippen molar-refractivity contribution < 1.29 is 13.6 Å². The smallest absolute Gasteiger partial charge is 0.269 e. The molecule has 0 radical (unpaired) electrons. The van der Waals surface area contributed by atoms with Gasteiger partial charge in [0.15, 0.2) is 11.6 Å². The molecule has 1 aliphatic heterocycles. The van der Waals surface area contributed by atoms with Gasteiger partial charge >= 0.3 is 0 Å². The van der Waals surface area contributed by atoms with Crippen molar-refractivity contribution in [2.24, 2.45) is 0 Å². The number of carbonyl (C=O) groups excluding carboxylic acids is 1. The zero-order valence-electron chi connectivity index (χ0n) is 8.27. The third kappa shape index (κ3) is 2.08. The second-order valence-corrected chi connectivity index (χ2v) is 4.32. The number of amides is 1. The molecule has 86 valence electrons. The van der Waals surface area contributed by atoms with Crippen molar-refractivity contribution in [2.75, 3.05) is 13.1 Å². The largest absolute Gasteiger partial charge is 0.274 e. The van der Waals surface area contributed by atoms with Gasteiger partial charge in [-0.15, -0.1) is 0 Å². The van der Waals surface area contributed by atoms with Gasteiger partial charge in [0.2, 0.25) is 0 Å². The van der Waals surface area contributed by atoms with Crippen LogP contribution in [0.3, 0.4) is 0 Å². The Morgan fingerprint density at radius 1 is 1.38 bits per heavy atom. The van der Waals surface area contributed by atoms with Crippen LogP contribution >= 0.6 is 15.9 Å². The maximum absolute atomic E-state index is 13.0. The normalized spacial score (nSPS) is 15.6. The monoisotopic (exact) mass is 290 g/mol. The summed E-state index contributed by atoms with van der Waals surface area (Å²) in [5, 5.41) is 1.40. The highest BCUT2D eigenvalue weighted by molar-refractivity contribution is 9.10. The molecule has 1 N–H and O–H groups in total. The van der Waals surface area contributed by atoms with Gasteiger partial charge in [-0.05, 0) is 34.5 Å². The molecular weight excluding hydrogens is 282 g/mol. The molecule has 0 spiro atoms. The molecule has 1 heterocycles. The number of carbonyl (C=O) groups is 1. The van der Waals surface area contributed by atoms with Crippen LogP contribution in [-0.2, 0) is 0 Å². The summed E-state index contributed by atoms with van der Waals surface area (Å²) in [6.07, 6.45) is 0.854. The number of hydrogen-bond donors (Lipinski definition) is 1. The van der Waals surface area contributed by atoms with Crippen molar-refractivity contribution in [3.63, 3.8) is 0 Å². The van der Waals surface area contributed by atoms with Crippen molar-refractivity contribution in [3.8, 4) is 0 Å². The van der Waals surface area contributed by atoms with Crippen LogP contribution in [0, 0.1) is 11.6 Å². The lowest BCUT2D eigenvalue weighted by Crippen LogP contribution is -2.37. The Labute approximate surface area is 99.5 Å². The second-order valence-electron chi connectivity index (χ2n) is 3.46. The minimum atomic E-state index is -1.02. The van der Waals surface area contributed by atoms with Gasteiger partial charge in [0.25, 0.3) is 5.91 Å². The number of benzene rings is 1. The third-order valence-electron chi connectivity index (χ3n) is 2.35. The van der Waals surface area contributed by atoms with Gasteiger partial charge < -0.3 is 0 Å². The van der Waals surface area contributed by atoms with E-state index in [1.165, 1.54) is 5.01 Å². The van der Waals surface area contributed by atoms with Gasteiger partial charge in [0.1, 0.15) is 0 Å². The minimum Gasteiger partial charge on any atom is -0.274 e. The van der Waals surface area contributed by atoms with Gasteiger partial charge in [-0.1, -0.05) is 0 Å². The van der Waals surface area contributed by atoms with E-state index in [1.54, 1.807) is 0 Å². The molecule has 1 saturated heterocycles. The molecule has 1 fully saturated rings. The fourth-order valence-corrected chi connectivity index (χ4v) is 2.02. The lowest BCUT2D eigenvalue weighted by molar-refractivity contribution is 0.0724. The van der Waals surface area contributed by atoms with E-state index in [4.69, 9.17) is 0 Å². The quantitative estimate of drug-likeness (QED) is 0.803. The Kier molecular flexibility index (Phi) is 3.20. The molecular formula is C10H9BrF2N2O. The van der Waals surface area contributed by atoms with Crippen LogP contribution in [0.1, 0.15) is 16.8 Å². The van der Waals surface area contributed by atoms with Crippen molar-refractivity contribution in [1.29, 1.82) is 0 Å². The molecule has 0 bridgehead atoms. The zero-order valence-corrected chi connectivity index (χ0v) is 9.85. The van der Waals surface area contributed by atoms with Crippen molar-refractivity contribution in [3.05, 3.63) is 33.8 Å². The molecule has 0 aromatic heterocycles. The second kappa shape index (κ2) is 4.47. The molecule has 0 saturated carbocycles. The molecule has 0 aliphatic carbocycles. The van der Waals surface area contributed by atoms with Crippen LogP contribution in [0.25, 0.3) is 0 Å². The summed E-state index contributed by atoms with van der Waals surface area (Å²) in [6, 6.07) is 1.86. The number of nitrogens with zero attached hydrogens (tertiary/aromatic N) is 1. The standard InChI is InChI=1S/C10H9BrF2N2O/c11-7-5-9(13)8(12)4-6(7)10(16)15-3-1-2-14-15/h4-5,14H,1-3H2. The van der Waals surface area contributed by atoms with E-state index in [9.17, 15) is 13.6 Å². The first-order valence-corrected chi connectivity index (χ1v) is 5.59. The topological polar surface area (TPSA) is 32.3 Å². The average Bonchev–Trinajstić information content (AvgIpc) is 2.75. The summed E-state index contributed by atoms with van der Waals surface area (Å²) >= 11 is 3.05.